The van der Waals surface area contributed by atoms with Crippen molar-refractivity contribution in [3.05, 3.63) is 68.7 Å². The first kappa shape index (κ1) is 14.3. The molecule has 2 heterocycles. The number of nitrogens with one attached hydrogen (secondary N) is 1. The van der Waals surface area contributed by atoms with Crippen LogP contribution in [0.1, 0.15) is 21.6 Å². The van der Waals surface area contributed by atoms with Gasteiger partial charge in [0.2, 0.25) is 0 Å². The Bertz CT molecular complexity index is 914. The van der Waals surface area contributed by atoms with E-state index in [0.29, 0.717) is 10.7 Å². The van der Waals surface area contributed by atoms with Gasteiger partial charge in [0, 0.05) is 23.7 Å². The predicted octanol–water partition coefficient (Wildman–Crippen LogP) is 2.05. The van der Waals surface area contributed by atoms with E-state index in [0.717, 1.165) is 5.56 Å². The van der Waals surface area contributed by atoms with Crippen LogP contribution in [0.2, 0.25) is 5.02 Å². The SMILES string of the molecule is COC(=O)c1nc2cc[nH]n2c(=O)c1Cc1cccc(Cl)c1. The van der Waals surface area contributed by atoms with Crippen molar-refractivity contribution in [1.29, 1.82) is 0 Å². The molecule has 112 valence electrons. The van der Waals surface area contributed by atoms with Crippen molar-refractivity contribution in [2.75, 3.05) is 7.11 Å². The highest BCUT2D eigenvalue weighted by molar-refractivity contribution is 6.30. The minimum atomic E-state index is -0.641. The average molecular weight is 318 g/mol. The molecular weight excluding hydrogens is 306 g/mol. The van der Waals surface area contributed by atoms with Gasteiger partial charge in [-0.3, -0.25) is 9.89 Å². The summed E-state index contributed by atoms with van der Waals surface area (Å²) in [5.74, 6) is -0.641. The fourth-order valence-corrected chi connectivity index (χ4v) is 2.48. The first-order valence-corrected chi connectivity index (χ1v) is 6.89. The van der Waals surface area contributed by atoms with E-state index in [-0.39, 0.29) is 23.2 Å². The molecule has 0 atom stereocenters. The lowest BCUT2D eigenvalue weighted by Crippen LogP contribution is -2.25. The monoisotopic (exact) mass is 317 g/mol. The third kappa shape index (κ3) is 2.48. The molecule has 3 aromatic rings. The highest BCUT2D eigenvalue weighted by Crippen LogP contribution is 2.15. The molecule has 0 unspecified atom stereocenters. The van der Waals surface area contributed by atoms with Crippen LogP contribution in [0.15, 0.2) is 41.3 Å². The number of aromatic nitrogens is 3. The van der Waals surface area contributed by atoms with E-state index in [9.17, 15) is 9.59 Å². The van der Waals surface area contributed by atoms with E-state index < -0.39 is 5.97 Å². The third-order valence-electron chi connectivity index (χ3n) is 3.29. The van der Waals surface area contributed by atoms with Crippen molar-refractivity contribution in [2.45, 2.75) is 6.42 Å². The molecule has 1 N–H and O–H groups in total. The first-order chi connectivity index (χ1) is 10.6. The van der Waals surface area contributed by atoms with Gasteiger partial charge in [-0.1, -0.05) is 23.7 Å². The van der Waals surface area contributed by atoms with Crippen molar-refractivity contribution < 1.29 is 9.53 Å². The normalized spacial score (nSPS) is 10.8. The Labute approximate surface area is 130 Å². The van der Waals surface area contributed by atoms with Crippen LogP contribution in [0.25, 0.3) is 5.65 Å². The number of nitrogens with zero attached hydrogens (tertiary/aromatic N) is 2. The summed E-state index contributed by atoms with van der Waals surface area (Å²) < 4.78 is 6.02. The zero-order valence-electron chi connectivity index (χ0n) is 11.7. The van der Waals surface area contributed by atoms with Gasteiger partial charge in [-0.05, 0) is 17.7 Å². The number of hydrogen-bond donors (Lipinski definition) is 1. The first-order valence-electron chi connectivity index (χ1n) is 6.52. The van der Waals surface area contributed by atoms with Crippen molar-refractivity contribution >= 4 is 23.2 Å². The van der Waals surface area contributed by atoms with Gasteiger partial charge in [0.05, 0.1) is 12.7 Å². The number of rotatable bonds is 3. The Morgan fingerprint density at radius 2 is 2.23 bits per heavy atom. The van der Waals surface area contributed by atoms with E-state index in [4.69, 9.17) is 16.3 Å². The van der Waals surface area contributed by atoms with Gasteiger partial charge in [-0.25, -0.2) is 14.3 Å². The van der Waals surface area contributed by atoms with Gasteiger partial charge in [0.15, 0.2) is 11.3 Å². The Kier molecular flexibility index (Phi) is 3.68. The molecular formula is C15H12ClN3O3. The molecule has 0 aliphatic rings. The molecule has 0 amide bonds. The summed E-state index contributed by atoms with van der Waals surface area (Å²) >= 11 is 5.96. The molecule has 3 rings (SSSR count). The predicted molar refractivity (Wildman–Crippen MR) is 81.4 cm³/mol. The topological polar surface area (TPSA) is 76.5 Å². The second kappa shape index (κ2) is 5.65. The van der Waals surface area contributed by atoms with Crippen LogP contribution in [-0.4, -0.2) is 27.7 Å². The molecule has 22 heavy (non-hydrogen) atoms. The third-order valence-corrected chi connectivity index (χ3v) is 3.52. The number of methoxy groups -OCH3 is 1. The summed E-state index contributed by atoms with van der Waals surface area (Å²) in [6.07, 6.45) is 1.81. The molecule has 6 nitrogen and oxygen atoms in total. The number of halogens is 1. The van der Waals surface area contributed by atoms with Crippen LogP contribution in [0.5, 0.6) is 0 Å². The van der Waals surface area contributed by atoms with Crippen molar-refractivity contribution in [3.63, 3.8) is 0 Å². The van der Waals surface area contributed by atoms with Crippen molar-refractivity contribution in [2.24, 2.45) is 0 Å². The number of esters is 1. The van der Waals surface area contributed by atoms with E-state index >= 15 is 0 Å². The fraction of sp³-hybridized carbons (Fsp3) is 0.133. The lowest BCUT2D eigenvalue weighted by Gasteiger charge is -2.08. The van der Waals surface area contributed by atoms with E-state index in [1.54, 1.807) is 30.5 Å². The summed E-state index contributed by atoms with van der Waals surface area (Å²) in [6, 6.07) is 8.71. The molecule has 0 radical (unpaired) electrons. The number of benzene rings is 1. The number of aromatic amines is 1. The minimum absolute atomic E-state index is 0.0204. The molecule has 0 saturated heterocycles. The summed E-state index contributed by atoms with van der Waals surface area (Å²) in [4.78, 5) is 28.7. The van der Waals surface area contributed by atoms with Crippen LogP contribution in [0, 0.1) is 0 Å². The number of carbonyl (C=O) groups is 1. The number of H-pyrrole nitrogens is 1. The van der Waals surface area contributed by atoms with Gasteiger partial charge in [0.25, 0.3) is 5.56 Å². The largest absolute Gasteiger partial charge is 0.464 e. The van der Waals surface area contributed by atoms with Crippen molar-refractivity contribution in [3.8, 4) is 0 Å². The second-order valence-electron chi connectivity index (χ2n) is 4.70. The van der Waals surface area contributed by atoms with Crippen LogP contribution in [-0.2, 0) is 11.2 Å². The highest BCUT2D eigenvalue weighted by Gasteiger charge is 2.20. The fourth-order valence-electron chi connectivity index (χ4n) is 2.27. The smallest absolute Gasteiger partial charge is 0.357 e. The highest BCUT2D eigenvalue weighted by atomic mass is 35.5. The summed E-state index contributed by atoms with van der Waals surface area (Å²) in [5.41, 5.74) is 1.11. The zero-order valence-corrected chi connectivity index (χ0v) is 12.4. The summed E-state index contributed by atoms with van der Waals surface area (Å²) in [6.45, 7) is 0. The maximum Gasteiger partial charge on any atom is 0.357 e. The van der Waals surface area contributed by atoms with E-state index in [1.165, 1.54) is 11.6 Å². The number of carbonyl (C=O) groups excluding carboxylic acids is 1. The standard InChI is InChI=1S/C15H12ClN3O3/c1-22-15(21)13-11(8-9-3-2-4-10(16)7-9)14(20)19-12(18-13)5-6-17-19/h2-7,17H,8H2,1H3. The van der Waals surface area contributed by atoms with Gasteiger partial charge >= 0.3 is 5.97 Å². The van der Waals surface area contributed by atoms with E-state index in [2.05, 4.69) is 10.1 Å². The molecule has 1 aromatic carbocycles. The maximum atomic E-state index is 12.6. The molecule has 0 saturated carbocycles. The van der Waals surface area contributed by atoms with Crippen molar-refractivity contribution in [1.82, 2.24) is 14.6 Å². The molecule has 0 fully saturated rings. The Balaban J connectivity index is 2.19. The van der Waals surface area contributed by atoms with Crippen LogP contribution in [0.4, 0.5) is 0 Å². The number of hydrogen-bond acceptors (Lipinski definition) is 4. The minimum Gasteiger partial charge on any atom is -0.464 e. The lowest BCUT2D eigenvalue weighted by atomic mass is 10.0. The molecule has 2 aromatic heterocycles. The van der Waals surface area contributed by atoms with Crippen LogP contribution < -0.4 is 5.56 Å². The Morgan fingerprint density at radius 3 is 2.95 bits per heavy atom. The number of fused-ring (bicyclic) bond motifs is 1. The van der Waals surface area contributed by atoms with Gasteiger partial charge < -0.3 is 4.74 Å². The maximum absolute atomic E-state index is 12.6. The summed E-state index contributed by atoms with van der Waals surface area (Å²) in [7, 11) is 1.26. The molecule has 0 spiro atoms. The molecule has 7 heteroatoms. The average Bonchev–Trinajstić information content (AvgIpc) is 2.98. The van der Waals surface area contributed by atoms with Crippen LogP contribution >= 0.6 is 11.6 Å². The quantitative estimate of drug-likeness (QED) is 0.750. The second-order valence-corrected chi connectivity index (χ2v) is 5.13. The Morgan fingerprint density at radius 1 is 1.41 bits per heavy atom. The lowest BCUT2D eigenvalue weighted by molar-refractivity contribution is 0.0592. The van der Waals surface area contributed by atoms with Gasteiger partial charge in [-0.15, -0.1) is 0 Å². The van der Waals surface area contributed by atoms with E-state index in [1.807, 2.05) is 6.07 Å². The Hall–Kier alpha value is -2.60. The van der Waals surface area contributed by atoms with Crippen LogP contribution in [0.3, 0.4) is 0 Å². The van der Waals surface area contributed by atoms with Gasteiger partial charge in [-0.2, -0.15) is 0 Å². The molecule has 0 aliphatic carbocycles. The molecule has 0 bridgehead atoms. The molecule has 0 aliphatic heterocycles. The van der Waals surface area contributed by atoms with Gasteiger partial charge in [0.1, 0.15) is 0 Å². The summed E-state index contributed by atoms with van der Waals surface area (Å²) in [5, 5.41) is 3.33. The number of ether oxygens (including phenoxy) is 1. The zero-order chi connectivity index (χ0) is 15.7.